The van der Waals surface area contributed by atoms with Gasteiger partial charge in [0.1, 0.15) is 5.75 Å². The Kier molecular flexibility index (Phi) is 14.0. The van der Waals surface area contributed by atoms with E-state index in [2.05, 4.69) is 55.6 Å². The van der Waals surface area contributed by atoms with Gasteiger partial charge in [0.05, 0.1) is 12.5 Å². The number of thioether (sulfide) groups is 1. The van der Waals surface area contributed by atoms with Crippen LogP contribution in [-0.2, 0) is 12.0 Å². The van der Waals surface area contributed by atoms with Crippen LogP contribution >= 0.6 is 11.8 Å². The maximum atomic E-state index is 13.0. The second-order valence-corrected chi connectivity index (χ2v) is 13.0. The molecule has 0 spiro atoms. The minimum Gasteiger partial charge on any atom is -0.493 e. The number of nitrogens with zero attached hydrogens (tertiary/aromatic N) is 1. The lowest BCUT2D eigenvalue weighted by molar-refractivity contribution is 0.102. The molecule has 0 unspecified atom stereocenters. The number of ether oxygens (including phenoxy) is 1. The molecule has 220 valence electrons. The van der Waals surface area contributed by atoms with Crippen LogP contribution in [-0.4, -0.2) is 23.3 Å². The second-order valence-electron chi connectivity index (χ2n) is 12.2. The molecule has 40 heavy (non-hydrogen) atoms. The molecule has 3 rings (SSSR count). The molecular weight excluding hydrogens is 512 g/mol. The average Bonchev–Trinajstić information content (AvgIpc) is 3.45. The fourth-order valence-corrected chi connectivity index (χ4v) is 5.77. The maximum Gasteiger partial charge on any atom is 0.255 e. The number of anilines is 1. The first-order valence-corrected chi connectivity index (χ1v) is 16.6. The van der Waals surface area contributed by atoms with E-state index in [0.29, 0.717) is 5.56 Å². The van der Waals surface area contributed by atoms with Crippen LogP contribution in [0.15, 0.2) is 54.1 Å². The van der Waals surface area contributed by atoms with E-state index in [1.165, 1.54) is 76.2 Å². The Morgan fingerprint density at radius 2 is 1.50 bits per heavy atom. The molecule has 0 atom stereocenters. The highest BCUT2D eigenvalue weighted by Gasteiger charge is 2.20. The molecular formula is C35H52N2O2S. The number of rotatable bonds is 18. The van der Waals surface area contributed by atoms with Crippen LogP contribution in [0.25, 0.3) is 0 Å². The van der Waals surface area contributed by atoms with Crippen LogP contribution < -0.4 is 10.1 Å². The maximum absolute atomic E-state index is 13.0. The van der Waals surface area contributed by atoms with Crippen molar-refractivity contribution in [1.82, 2.24) is 4.90 Å². The second kappa shape index (κ2) is 17.4. The SMILES string of the molecule is CCCCCCCCCCCCCCOc1ccc(NC(=O)c2ccc(CN3C=CSC3)cc2)cc1C(C)(C)C. The number of nitrogens with one attached hydrogen (secondary N) is 1. The molecule has 0 saturated heterocycles. The Bertz CT molecular complexity index is 1040. The first-order chi connectivity index (χ1) is 19.4. The molecule has 2 aromatic rings. The Morgan fingerprint density at radius 3 is 2.08 bits per heavy atom. The number of hydrogen-bond acceptors (Lipinski definition) is 4. The van der Waals surface area contributed by atoms with E-state index in [1.807, 2.05) is 36.4 Å². The largest absolute Gasteiger partial charge is 0.493 e. The smallest absolute Gasteiger partial charge is 0.255 e. The van der Waals surface area contributed by atoms with Crippen molar-refractivity contribution in [2.24, 2.45) is 0 Å². The van der Waals surface area contributed by atoms with E-state index in [1.54, 1.807) is 11.8 Å². The molecule has 1 aliphatic heterocycles. The van der Waals surface area contributed by atoms with Crippen LogP contribution in [0.3, 0.4) is 0 Å². The standard InChI is InChI=1S/C35H52N2O2S/c1-5-6-7-8-9-10-11-12-13-14-15-16-24-39-33-22-21-31(26-32(33)35(2,3)4)36-34(38)30-19-17-29(18-20-30)27-37-23-25-40-28-37/h17-23,25-26H,5-16,24,27-28H2,1-4H3,(H,36,38). The fourth-order valence-electron chi connectivity index (χ4n) is 5.05. The predicted molar refractivity (Wildman–Crippen MR) is 173 cm³/mol. The number of carbonyl (C=O) groups is 1. The Morgan fingerprint density at radius 1 is 0.875 bits per heavy atom. The third-order valence-electron chi connectivity index (χ3n) is 7.51. The van der Waals surface area contributed by atoms with E-state index in [0.717, 1.165) is 42.4 Å². The number of carbonyl (C=O) groups excluding carboxylic acids is 1. The van der Waals surface area contributed by atoms with Gasteiger partial charge in [-0.2, -0.15) is 0 Å². The van der Waals surface area contributed by atoms with Crippen LogP contribution in [0, 0.1) is 0 Å². The number of amides is 1. The summed E-state index contributed by atoms with van der Waals surface area (Å²) in [6.45, 7) is 10.5. The first-order valence-electron chi connectivity index (χ1n) is 15.6. The number of unbranched alkanes of at least 4 members (excludes halogenated alkanes) is 11. The van der Waals surface area contributed by atoms with Gasteiger partial charge < -0.3 is 15.0 Å². The highest BCUT2D eigenvalue weighted by Crippen LogP contribution is 2.34. The lowest BCUT2D eigenvalue weighted by atomic mass is 9.86. The average molecular weight is 565 g/mol. The molecule has 0 bridgehead atoms. The van der Waals surface area contributed by atoms with Crippen molar-refractivity contribution in [2.75, 3.05) is 17.8 Å². The molecule has 4 nitrogen and oxygen atoms in total. The zero-order valence-electron chi connectivity index (χ0n) is 25.5. The summed E-state index contributed by atoms with van der Waals surface area (Å²) in [6, 6.07) is 13.9. The molecule has 1 aliphatic rings. The van der Waals surface area contributed by atoms with E-state index >= 15 is 0 Å². The van der Waals surface area contributed by atoms with Crippen LogP contribution in [0.5, 0.6) is 5.75 Å². The fraction of sp³-hybridized carbons (Fsp3) is 0.571. The van der Waals surface area contributed by atoms with Crippen molar-refractivity contribution in [3.05, 3.63) is 70.8 Å². The number of benzene rings is 2. The van der Waals surface area contributed by atoms with Crippen LogP contribution in [0.4, 0.5) is 5.69 Å². The minimum atomic E-state index is -0.0896. The Labute approximate surface area is 248 Å². The van der Waals surface area contributed by atoms with Gasteiger partial charge in [0.15, 0.2) is 0 Å². The Balaban J connectivity index is 1.40. The van der Waals surface area contributed by atoms with Gasteiger partial charge in [-0.3, -0.25) is 4.79 Å². The van der Waals surface area contributed by atoms with E-state index in [4.69, 9.17) is 4.74 Å². The molecule has 5 heteroatoms. The van der Waals surface area contributed by atoms with Gasteiger partial charge in [0, 0.05) is 29.6 Å². The van der Waals surface area contributed by atoms with Crippen molar-refractivity contribution >= 4 is 23.4 Å². The third-order valence-corrected chi connectivity index (χ3v) is 8.31. The minimum absolute atomic E-state index is 0.0867. The summed E-state index contributed by atoms with van der Waals surface area (Å²) in [7, 11) is 0. The van der Waals surface area contributed by atoms with Crippen molar-refractivity contribution in [3.8, 4) is 5.75 Å². The molecule has 0 fully saturated rings. The van der Waals surface area contributed by atoms with Crippen molar-refractivity contribution < 1.29 is 9.53 Å². The highest BCUT2D eigenvalue weighted by molar-refractivity contribution is 8.02. The number of hydrogen-bond donors (Lipinski definition) is 1. The Hall–Kier alpha value is -2.40. The molecule has 1 N–H and O–H groups in total. The summed E-state index contributed by atoms with van der Waals surface area (Å²) in [5.41, 5.74) is 3.71. The monoisotopic (exact) mass is 564 g/mol. The summed E-state index contributed by atoms with van der Waals surface area (Å²) in [5, 5.41) is 5.20. The van der Waals surface area contributed by atoms with Gasteiger partial charge in [-0.25, -0.2) is 0 Å². The quantitative estimate of drug-likeness (QED) is 0.183. The zero-order chi connectivity index (χ0) is 28.6. The van der Waals surface area contributed by atoms with E-state index in [9.17, 15) is 4.79 Å². The normalized spacial score (nSPS) is 13.2. The molecule has 1 amide bonds. The van der Waals surface area contributed by atoms with Gasteiger partial charge >= 0.3 is 0 Å². The highest BCUT2D eigenvalue weighted by atomic mass is 32.2. The van der Waals surface area contributed by atoms with Gasteiger partial charge in [-0.15, -0.1) is 11.8 Å². The van der Waals surface area contributed by atoms with Crippen LogP contribution in [0.2, 0.25) is 0 Å². The van der Waals surface area contributed by atoms with Crippen molar-refractivity contribution in [2.45, 2.75) is 117 Å². The lowest BCUT2D eigenvalue weighted by Crippen LogP contribution is -2.17. The molecule has 0 saturated carbocycles. The van der Waals surface area contributed by atoms with Gasteiger partial charge in [0.2, 0.25) is 0 Å². The molecule has 1 heterocycles. The lowest BCUT2D eigenvalue weighted by Gasteiger charge is -2.24. The van der Waals surface area contributed by atoms with E-state index in [-0.39, 0.29) is 11.3 Å². The van der Waals surface area contributed by atoms with Gasteiger partial charge in [-0.1, -0.05) is 110 Å². The summed E-state index contributed by atoms with van der Waals surface area (Å²) in [5.74, 6) is 1.82. The zero-order valence-corrected chi connectivity index (χ0v) is 26.3. The third kappa shape index (κ3) is 11.6. The summed E-state index contributed by atoms with van der Waals surface area (Å²) in [6.07, 6.45) is 18.2. The first kappa shape index (κ1) is 32.1. The molecule has 0 aliphatic carbocycles. The van der Waals surface area contributed by atoms with Crippen molar-refractivity contribution in [3.63, 3.8) is 0 Å². The summed E-state index contributed by atoms with van der Waals surface area (Å²) >= 11 is 1.80. The van der Waals surface area contributed by atoms with Crippen molar-refractivity contribution in [1.29, 1.82) is 0 Å². The molecule has 0 radical (unpaired) electrons. The molecule has 2 aromatic carbocycles. The topological polar surface area (TPSA) is 41.6 Å². The predicted octanol–water partition coefficient (Wildman–Crippen LogP) is 10.3. The summed E-state index contributed by atoms with van der Waals surface area (Å²) in [4.78, 5) is 15.2. The van der Waals surface area contributed by atoms with Gasteiger partial charge in [0.25, 0.3) is 5.91 Å². The molecule has 0 aromatic heterocycles. The van der Waals surface area contributed by atoms with Gasteiger partial charge in [-0.05, 0) is 53.1 Å². The van der Waals surface area contributed by atoms with Crippen LogP contribution in [0.1, 0.15) is 126 Å². The summed E-state index contributed by atoms with van der Waals surface area (Å²) < 4.78 is 6.24. The van der Waals surface area contributed by atoms with E-state index < -0.39 is 0 Å².